The van der Waals surface area contributed by atoms with Crippen LogP contribution in [0, 0.1) is 17.2 Å². The Hall–Kier alpha value is -1.81. The van der Waals surface area contributed by atoms with Gasteiger partial charge in [0.15, 0.2) is 0 Å². The maximum Gasteiger partial charge on any atom is 0.409 e. The molecule has 0 unspecified atom stereocenters. The largest absolute Gasteiger partial charge is 0.450 e. The molecule has 0 aromatic heterocycles. The van der Waals surface area contributed by atoms with Gasteiger partial charge in [0, 0.05) is 38.0 Å². The Morgan fingerprint density at radius 2 is 1.83 bits per heavy atom. The van der Waals surface area contributed by atoms with E-state index in [4.69, 9.17) is 10.00 Å². The molecule has 134 valence electrons. The number of nitriles is 1. The first-order valence-corrected chi connectivity index (χ1v) is 8.95. The summed E-state index contributed by atoms with van der Waals surface area (Å²) < 4.78 is 5.01. The Morgan fingerprint density at radius 1 is 1.17 bits per heavy atom. The molecule has 2 aliphatic heterocycles. The normalized spacial score (nSPS) is 20.4. The molecule has 0 aliphatic carbocycles. The van der Waals surface area contributed by atoms with Crippen LogP contribution in [0.3, 0.4) is 0 Å². The van der Waals surface area contributed by atoms with E-state index in [2.05, 4.69) is 16.3 Å². The van der Waals surface area contributed by atoms with Gasteiger partial charge in [-0.05, 0) is 45.7 Å². The molecule has 0 aromatic rings. The Labute approximate surface area is 143 Å². The van der Waals surface area contributed by atoms with E-state index in [1.807, 2.05) is 0 Å². The van der Waals surface area contributed by atoms with E-state index >= 15 is 0 Å². The third kappa shape index (κ3) is 5.38. The summed E-state index contributed by atoms with van der Waals surface area (Å²) in [6, 6.07) is 2.32. The number of carbonyl (C=O) groups is 2. The molecule has 0 atom stereocenters. The molecule has 2 fully saturated rings. The summed E-state index contributed by atoms with van der Waals surface area (Å²) in [6.45, 7) is 6.05. The number of hydrogen-bond donors (Lipinski definition) is 1. The van der Waals surface area contributed by atoms with Gasteiger partial charge in [0.05, 0.1) is 12.7 Å². The molecular weight excluding hydrogens is 308 g/mol. The molecule has 2 aliphatic rings. The quantitative estimate of drug-likeness (QED) is 0.819. The fourth-order valence-corrected chi connectivity index (χ4v) is 3.37. The van der Waals surface area contributed by atoms with Crippen LogP contribution in [0.25, 0.3) is 0 Å². The first kappa shape index (κ1) is 18.5. The lowest BCUT2D eigenvalue weighted by atomic mass is 9.94. The summed E-state index contributed by atoms with van der Waals surface area (Å²) in [5.41, 5.74) is 0. The van der Waals surface area contributed by atoms with Crippen LogP contribution in [0.1, 0.15) is 39.0 Å². The van der Waals surface area contributed by atoms with Gasteiger partial charge in [-0.2, -0.15) is 5.26 Å². The zero-order chi connectivity index (χ0) is 17.4. The molecule has 2 rings (SSSR count). The van der Waals surface area contributed by atoms with E-state index in [-0.39, 0.29) is 24.0 Å². The minimum absolute atomic E-state index is 0.0754. The highest BCUT2D eigenvalue weighted by Crippen LogP contribution is 2.19. The molecule has 1 N–H and O–H groups in total. The van der Waals surface area contributed by atoms with Gasteiger partial charge in [0.2, 0.25) is 5.91 Å². The fraction of sp³-hybridized carbons (Fsp3) is 0.824. The predicted octanol–water partition coefficient (Wildman–Crippen LogP) is 1.35. The average Bonchev–Trinajstić information content (AvgIpc) is 2.61. The maximum atomic E-state index is 12.4. The number of likely N-dealkylation sites (tertiary alicyclic amines) is 2. The van der Waals surface area contributed by atoms with Crippen LogP contribution in [-0.4, -0.2) is 67.2 Å². The molecule has 0 spiro atoms. The molecule has 2 saturated heterocycles. The molecule has 7 nitrogen and oxygen atoms in total. The highest BCUT2D eigenvalue weighted by atomic mass is 16.6. The van der Waals surface area contributed by atoms with Crippen LogP contribution >= 0.6 is 0 Å². The zero-order valence-electron chi connectivity index (χ0n) is 14.5. The first-order chi connectivity index (χ1) is 11.6. The van der Waals surface area contributed by atoms with Gasteiger partial charge in [0.1, 0.15) is 0 Å². The Kier molecular flexibility index (Phi) is 7.32. The molecule has 7 heteroatoms. The van der Waals surface area contributed by atoms with Crippen molar-refractivity contribution >= 4 is 12.0 Å². The van der Waals surface area contributed by atoms with Crippen LogP contribution in [-0.2, 0) is 9.53 Å². The van der Waals surface area contributed by atoms with Crippen molar-refractivity contribution in [2.24, 2.45) is 5.92 Å². The summed E-state index contributed by atoms with van der Waals surface area (Å²) in [4.78, 5) is 28.1. The van der Waals surface area contributed by atoms with Gasteiger partial charge in [-0.1, -0.05) is 0 Å². The van der Waals surface area contributed by atoms with Gasteiger partial charge in [-0.3, -0.25) is 4.79 Å². The summed E-state index contributed by atoms with van der Waals surface area (Å²) in [5, 5.41) is 11.8. The summed E-state index contributed by atoms with van der Waals surface area (Å²) in [6.07, 6.45) is 3.58. The number of amides is 2. The number of nitrogens with one attached hydrogen (secondary N) is 1. The van der Waals surface area contributed by atoms with Crippen LogP contribution in [0.4, 0.5) is 4.79 Å². The standard InChI is InChI=1S/C17H28N4O3/c1-2-24-17(23)21-12-6-15(7-13-21)19-16(22)14-4-10-20(11-5-14)9-3-8-18/h14-15H,2-7,9-13H2,1H3,(H,19,22). The summed E-state index contributed by atoms with van der Waals surface area (Å²) in [5.74, 6) is 0.218. The number of nitrogens with zero attached hydrogens (tertiary/aromatic N) is 3. The Morgan fingerprint density at radius 3 is 2.42 bits per heavy atom. The first-order valence-electron chi connectivity index (χ1n) is 8.95. The molecule has 2 amide bonds. The number of piperidine rings is 2. The van der Waals surface area contributed by atoms with E-state index in [1.165, 1.54) is 0 Å². The predicted molar refractivity (Wildman–Crippen MR) is 89.2 cm³/mol. The van der Waals surface area contributed by atoms with Gasteiger partial charge < -0.3 is 19.9 Å². The lowest BCUT2D eigenvalue weighted by molar-refractivity contribution is -0.127. The second-order valence-corrected chi connectivity index (χ2v) is 6.49. The number of rotatable bonds is 5. The SMILES string of the molecule is CCOC(=O)N1CCC(NC(=O)C2CCN(CCC#N)CC2)CC1. The van der Waals surface area contributed by atoms with Crippen molar-refractivity contribution in [3.63, 3.8) is 0 Å². The van der Waals surface area contributed by atoms with E-state index in [1.54, 1.807) is 11.8 Å². The monoisotopic (exact) mass is 336 g/mol. The van der Waals surface area contributed by atoms with Crippen molar-refractivity contribution in [2.45, 2.75) is 45.1 Å². The van der Waals surface area contributed by atoms with Crippen LogP contribution in [0.5, 0.6) is 0 Å². The van der Waals surface area contributed by atoms with Gasteiger partial charge in [0.25, 0.3) is 0 Å². The average molecular weight is 336 g/mol. The second kappa shape index (κ2) is 9.48. The minimum atomic E-state index is -0.257. The Bertz CT molecular complexity index is 461. The summed E-state index contributed by atoms with van der Waals surface area (Å²) in [7, 11) is 0. The van der Waals surface area contributed by atoms with Crippen molar-refractivity contribution < 1.29 is 14.3 Å². The minimum Gasteiger partial charge on any atom is -0.450 e. The second-order valence-electron chi connectivity index (χ2n) is 6.49. The molecule has 2 heterocycles. The van der Waals surface area contributed by atoms with E-state index in [9.17, 15) is 9.59 Å². The van der Waals surface area contributed by atoms with Gasteiger partial charge >= 0.3 is 6.09 Å². The molecule has 0 saturated carbocycles. The molecule has 0 radical (unpaired) electrons. The number of hydrogen-bond acceptors (Lipinski definition) is 5. The lowest BCUT2D eigenvalue weighted by Gasteiger charge is -2.34. The number of ether oxygens (including phenoxy) is 1. The van der Waals surface area contributed by atoms with E-state index < -0.39 is 0 Å². The molecule has 0 aromatic carbocycles. The smallest absolute Gasteiger partial charge is 0.409 e. The highest BCUT2D eigenvalue weighted by molar-refractivity contribution is 5.79. The van der Waals surface area contributed by atoms with Crippen LogP contribution in [0.2, 0.25) is 0 Å². The molecule has 24 heavy (non-hydrogen) atoms. The van der Waals surface area contributed by atoms with Crippen molar-refractivity contribution in [2.75, 3.05) is 39.3 Å². The highest BCUT2D eigenvalue weighted by Gasteiger charge is 2.29. The van der Waals surface area contributed by atoms with Crippen molar-refractivity contribution in [3.05, 3.63) is 0 Å². The van der Waals surface area contributed by atoms with E-state index in [0.29, 0.717) is 26.1 Å². The van der Waals surface area contributed by atoms with Crippen molar-refractivity contribution in [1.82, 2.24) is 15.1 Å². The molecule has 0 bridgehead atoms. The van der Waals surface area contributed by atoms with Crippen molar-refractivity contribution in [1.29, 1.82) is 5.26 Å². The number of carbonyl (C=O) groups excluding carboxylic acids is 2. The van der Waals surface area contributed by atoms with E-state index in [0.717, 1.165) is 45.3 Å². The summed E-state index contributed by atoms with van der Waals surface area (Å²) >= 11 is 0. The van der Waals surface area contributed by atoms with Crippen LogP contribution < -0.4 is 5.32 Å². The van der Waals surface area contributed by atoms with Gasteiger partial charge in [-0.15, -0.1) is 0 Å². The van der Waals surface area contributed by atoms with Crippen LogP contribution in [0.15, 0.2) is 0 Å². The maximum absolute atomic E-state index is 12.4. The van der Waals surface area contributed by atoms with Gasteiger partial charge in [-0.25, -0.2) is 4.79 Å². The third-order valence-corrected chi connectivity index (χ3v) is 4.87. The topological polar surface area (TPSA) is 85.7 Å². The Balaban J connectivity index is 1.67. The zero-order valence-corrected chi connectivity index (χ0v) is 14.5. The lowest BCUT2D eigenvalue weighted by Crippen LogP contribution is -2.49. The van der Waals surface area contributed by atoms with Crippen molar-refractivity contribution in [3.8, 4) is 6.07 Å². The third-order valence-electron chi connectivity index (χ3n) is 4.87. The fourth-order valence-electron chi connectivity index (χ4n) is 3.37. The molecular formula is C17H28N4O3.